The van der Waals surface area contributed by atoms with Crippen molar-refractivity contribution in [3.8, 4) is 0 Å². The Kier molecular flexibility index (Phi) is 6.66. The fourth-order valence-electron chi connectivity index (χ4n) is 2.48. The summed E-state index contributed by atoms with van der Waals surface area (Å²) in [7, 11) is 0. The molecule has 1 aromatic carbocycles. The zero-order valence-corrected chi connectivity index (χ0v) is 15.8. The third kappa shape index (κ3) is 5.69. The predicted molar refractivity (Wildman–Crippen MR) is 102 cm³/mol. The number of aromatic nitrogens is 2. The molecule has 2 N–H and O–H groups in total. The SMILES string of the molecule is CCc1ccc(Nc2nnc(SCC(=O)NC[C@@H]3CCCO3)s2)cc1. The Hall–Kier alpha value is -1.64. The van der Waals surface area contributed by atoms with Gasteiger partial charge < -0.3 is 15.4 Å². The molecule has 3 rings (SSSR count). The number of nitrogens with zero attached hydrogens (tertiary/aromatic N) is 2. The molecule has 1 fully saturated rings. The number of aryl methyl sites for hydroxylation is 1. The number of hydrogen-bond acceptors (Lipinski definition) is 7. The van der Waals surface area contributed by atoms with E-state index in [2.05, 4.69) is 39.9 Å². The second-order valence-corrected chi connectivity index (χ2v) is 7.98. The average molecular weight is 379 g/mol. The molecule has 0 unspecified atom stereocenters. The largest absolute Gasteiger partial charge is 0.376 e. The lowest BCUT2D eigenvalue weighted by Gasteiger charge is -2.09. The molecule has 0 spiro atoms. The molecular formula is C17H22N4O2S2. The van der Waals surface area contributed by atoms with Crippen LogP contribution in [0.3, 0.4) is 0 Å². The third-order valence-electron chi connectivity index (χ3n) is 3.90. The Morgan fingerprint density at radius 3 is 2.92 bits per heavy atom. The van der Waals surface area contributed by atoms with Crippen molar-refractivity contribution in [1.82, 2.24) is 15.5 Å². The van der Waals surface area contributed by atoms with Gasteiger partial charge in [-0.15, -0.1) is 10.2 Å². The van der Waals surface area contributed by atoms with Crippen molar-refractivity contribution in [2.75, 3.05) is 24.2 Å². The minimum absolute atomic E-state index is 0.000337. The maximum absolute atomic E-state index is 11.9. The summed E-state index contributed by atoms with van der Waals surface area (Å²) >= 11 is 2.85. The number of nitrogens with one attached hydrogen (secondary N) is 2. The van der Waals surface area contributed by atoms with E-state index in [-0.39, 0.29) is 12.0 Å². The predicted octanol–water partition coefficient (Wildman–Crippen LogP) is 3.23. The zero-order valence-electron chi connectivity index (χ0n) is 14.2. The van der Waals surface area contributed by atoms with Gasteiger partial charge in [0, 0.05) is 18.8 Å². The molecule has 1 aliphatic rings. The van der Waals surface area contributed by atoms with Crippen LogP contribution in [-0.2, 0) is 16.0 Å². The summed E-state index contributed by atoms with van der Waals surface area (Å²) in [6, 6.07) is 8.26. The van der Waals surface area contributed by atoms with E-state index in [0.717, 1.165) is 41.0 Å². The lowest BCUT2D eigenvalue weighted by molar-refractivity contribution is -0.119. The number of benzene rings is 1. The van der Waals surface area contributed by atoms with Gasteiger partial charge >= 0.3 is 0 Å². The summed E-state index contributed by atoms with van der Waals surface area (Å²) in [4.78, 5) is 11.9. The molecule has 6 nitrogen and oxygen atoms in total. The maximum Gasteiger partial charge on any atom is 0.230 e. The van der Waals surface area contributed by atoms with E-state index in [9.17, 15) is 4.79 Å². The van der Waals surface area contributed by atoms with Crippen LogP contribution in [-0.4, -0.2) is 41.1 Å². The van der Waals surface area contributed by atoms with Crippen molar-refractivity contribution < 1.29 is 9.53 Å². The van der Waals surface area contributed by atoms with Crippen molar-refractivity contribution in [3.63, 3.8) is 0 Å². The van der Waals surface area contributed by atoms with Gasteiger partial charge in [-0.3, -0.25) is 4.79 Å². The molecule has 1 aliphatic heterocycles. The second kappa shape index (κ2) is 9.17. The smallest absolute Gasteiger partial charge is 0.230 e. The van der Waals surface area contributed by atoms with Gasteiger partial charge in [0.1, 0.15) is 0 Å². The van der Waals surface area contributed by atoms with Gasteiger partial charge in [-0.05, 0) is 37.0 Å². The Labute approximate surface area is 155 Å². The quantitative estimate of drug-likeness (QED) is 0.687. The molecule has 1 aromatic heterocycles. The van der Waals surface area contributed by atoms with Gasteiger partial charge in [0.25, 0.3) is 0 Å². The van der Waals surface area contributed by atoms with E-state index in [1.807, 2.05) is 12.1 Å². The number of thioether (sulfide) groups is 1. The van der Waals surface area contributed by atoms with Crippen LogP contribution in [0, 0.1) is 0 Å². The first-order chi connectivity index (χ1) is 12.2. The number of hydrogen-bond donors (Lipinski definition) is 2. The van der Waals surface area contributed by atoms with Gasteiger partial charge in [-0.2, -0.15) is 0 Å². The second-order valence-electron chi connectivity index (χ2n) is 5.78. The number of amides is 1. The summed E-state index contributed by atoms with van der Waals surface area (Å²) in [5.74, 6) is 0.340. The number of carbonyl (C=O) groups excluding carboxylic acids is 1. The molecule has 1 saturated heterocycles. The Balaban J connectivity index is 1.42. The van der Waals surface area contributed by atoms with E-state index in [4.69, 9.17) is 4.74 Å². The summed E-state index contributed by atoms with van der Waals surface area (Å²) in [5.41, 5.74) is 2.28. The molecule has 25 heavy (non-hydrogen) atoms. The van der Waals surface area contributed by atoms with Crippen LogP contribution in [0.4, 0.5) is 10.8 Å². The molecule has 134 valence electrons. The zero-order chi connectivity index (χ0) is 17.5. The first-order valence-corrected chi connectivity index (χ1v) is 10.2. The number of carbonyl (C=O) groups is 1. The highest BCUT2D eigenvalue weighted by Gasteiger charge is 2.16. The fraction of sp³-hybridized carbons (Fsp3) is 0.471. The van der Waals surface area contributed by atoms with Crippen LogP contribution in [0.15, 0.2) is 28.6 Å². The van der Waals surface area contributed by atoms with E-state index in [1.165, 1.54) is 28.7 Å². The van der Waals surface area contributed by atoms with Gasteiger partial charge in [0.05, 0.1) is 11.9 Å². The maximum atomic E-state index is 11.9. The number of anilines is 2. The van der Waals surface area contributed by atoms with Crippen LogP contribution >= 0.6 is 23.1 Å². The van der Waals surface area contributed by atoms with E-state index < -0.39 is 0 Å². The number of ether oxygens (including phenoxy) is 1. The van der Waals surface area contributed by atoms with E-state index in [1.54, 1.807) is 0 Å². The fourth-order valence-corrected chi connectivity index (χ4v) is 4.08. The third-order valence-corrected chi connectivity index (χ3v) is 5.87. The lowest BCUT2D eigenvalue weighted by atomic mass is 10.1. The summed E-state index contributed by atoms with van der Waals surface area (Å²) < 4.78 is 6.27. The van der Waals surface area contributed by atoms with Gasteiger partial charge in [-0.1, -0.05) is 42.2 Å². The molecule has 0 aliphatic carbocycles. The Bertz CT molecular complexity index is 684. The van der Waals surface area contributed by atoms with Gasteiger partial charge in [0.2, 0.25) is 11.0 Å². The van der Waals surface area contributed by atoms with Crippen molar-refractivity contribution in [2.24, 2.45) is 0 Å². The molecule has 0 saturated carbocycles. The summed E-state index contributed by atoms with van der Waals surface area (Å²) in [5, 5.41) is 15.1. The first kappa shape index (κ1) is 18.2. The van der Waals surface area contributed by atoms with Gasteiger partial charge in [0.15, 0.2) is 4.34 Å². The van der Waals surface area contributed by atoms with Crippen molar-refractivity contribution in [2.45, 2.75) is 36.6 Å². The monoisotopic (exact) mass is 378 g/mol. The highest BCUT2D eigenvalue weighted by Crippen LogP contribution is 2.27. The van der Waals surface area contributed by atoms with Crippen molar-refractivity contribution in [1.29, 1.82) is 0 Å². The van der Waals surface area contributed by atoms with Gasteiger partial charge in [-0.25, -0.2) is 0 Å². The highest BCUT2D eigenvalue weighted by molar-refractivity contribution is 8.01. The number of rotatable bonds is 8. The molecule has 2 aromatic rings. The van der Waals surface area contributed by atoms with E-state index in [0.29, 0.717) is 12.3 Å². The summed E-state index contributed by atoms with van der Waals surface area (Å²) in [6.07, 6.45) is 3.30. The lowest BCUT2D eigenvalue weighted by Crippen LogP contribution is -2.32. The standard InChI is InChI=1S/C17H22N4O2S2/c1-2-12-5-7-13(8-6-12)19-16-20-21-17(25-16)24-11-15(22)18-10-14-4-3-9-23-14/h5-8,14H,2-4,9-11H2,1H3,(H,18,22)(H,19,20)/t14-/m0/s1. The van der Waals surface area contributed by atoms with Crippen molar-refractivity contribution in [3.05, 3.63) is 29.8 Å². The molecule has 0 bridgehead atoms. The van der Waals surface area contributed by atoms with Crippen LogP contribution in [0.25, 0.3) is 0 Å². The molecule has 1 amide bonds. The van der Waals surface area contributed by atoms with E-state index >= 15 is 0 Å². The highest BCUT2D eigenvalue weighted by atomic mass is 32.2. The normalized spacial score (nSPS) is 16.8. The van der Waals surface area contributed by atoms with Crippen LogP contribution in [0.2, 0.25) is 0 Å². The molecule has 0 radical (unpaired) electrons. The van der Waals surface area contributed by atoms with Crippen molar-refractivity contribution >= 4 is 39.8 Å². The topological polar surface area (TPSA) is 76.1 Å². The Morgan fingerprint density at radius 2 is 2.20 bits per heavy atom. The van der Waals surface area contributed by atoms with Crippen LogP contribution in [0.5, 0.6) is 0 Å². The minimum atomic E-state index is 0.000337. The molecular weight excluding hydrogens is 356 g/mol. The van der Waals surface area contributed by atoms with Crippen LogP contribution in [0.1, 0.15) is 25.3 Å². The average Bonchev–Trinajstić information content (AvgIpc) is 3.31. The molecule has 2 heterocycles. The Morgan fingerprint density at radius 1 is 1.36 bits per heavy atom. The van der Waals surface area contributed by atoms with Crippen LogP contribution < -0.4 is 10.6 Å². The minimum Gasteiger partial charge on any atom is -0.376 e. The molecule has 8 heteroatoms. The first-order valence-electron chi connectivity index (χ1n) is 8.43. The summed E-state index contributed by atoms with van der Waals surface area (Å²) in [6.45, 7) is 3.53. The molecule has 1 atom stereocenters.